The highest BCUT2D eigenvalue weighted by molar-refractivity contribution is 6.42. The highest BCUT2D eigenvalue weighted by atomic mass is 35.5. The second-order valence-corrected chi connectivity index (χ2v) is 17.6. The number of benzene rings is 9. The second kappa shape index (κ2) is 19.4. The highest BCUT2D eigenvalue weighted by Crippen LogP contribution is 2.45. The monoisotopic (exact) mass is 986 g/mol. The van der Waals surface area contributed by atoms with Gasteiger partial charge in [0.25, 0.3) is 0 Å². The standard InChI is InChI=1S/C53H34Cl4N8O4/c54-44-19-9-30(23-46(44)56)52(68-58)32-21-28-5-1-3-7-37(28)48(25-32)64-63-36-16-18-40-39-17-15-35(26-41(39)50(66)42(40)27-36)62-60-33-11-13-34(14-12-33)61-65-49-38-8-4-2-6-29(38)22-43(51(49)67)53(69-59)31-10-20-45(55)47(57)24-31/h1-27,52-53,67H,58-59H2/b62-60+,64-63+,65-61+. The van der Waals surface area contributed by atoms with Crippen molar-refractivity contribution in [2.45, 2.75) is 12.2 Å². The molecule has 2 atom stereocenters. The molecule has 2 unspecified atom stereocenters. The van der Waals surface area contributed by atoms with Crippen molar-refractivity contribution in [3.05, 3.63) is 217 Å². The summed E-state index contributed by atoms with van der Waals surface area (Å²) in [6.07, 6.45) is -1.54. The summed E-state index contributed by atoms with van der Waals surface area (Å²) in [6.45, 7) is 0. The van der Waals surface area contributed by atoms with E-state index >= 15 is 0 Å². The van der Waals surface area contributed by atoms with Crippen LogP contribution in [0.2, 0.25) is 20.1 Å². The van der Waals surface area contributed by atoms with Crippen LogP contribution in [-0.4, -0.2) is 10.9 Å². The van der Waals surface area contributed by atoms with Crippen molar-refractivity contribution in [3.63, 3.8) is 0 Å². The van der Waals surface area contributed by atoms with E-state index in [0.717, 1.165) is 32.8 Å². The van der Waals surface area contributed by atoms with Gasteiger partial charge < -0.3 is 5.11 Å². The van der Waals surface area contributed by atoms with Crippen molar-refractivity contribution in [2.75, 3.05) is 0 Å². The number of hydrogen-bond acceptors (Lipinski definition) is 12. The Morgan fingerprint density at radius 3 is 1.51 bits per heavy atom. The number of nitrogens with two attached hydrogens (primary N) is 2. The van der Waals surface area contributed by atoms with Crippen molar-refractivity contribution < 1.29 is 19.6 Å². The topological polar surface area (TPSA) is 182 Å². The van der Waals surface area contributed by atoms with Gasteiger partial charge in [-0.25, -0.2) is 11.8 Å². The van der Waals surface area contributed by atoms with Crippen molar-refractivity contribution in [1.29, 1.82) is 0 Å². The van der Waals surface area contributed by atoms with Crippen LogP contribution < -0.4 is 11.8 Å². The molecule has 0 amide bonds. The maximum Gasteiger partial charge on any atom is 0.194 e. The quantitative estimate of drug-likeness (QED) is 0.0808. The van der Waals surface area contributed by atoms with Crippen LogP contribution in [0.5, 0.6) is 5.75 Å². The molecule has 9 aromatic carbocycles. The molecule has 10 rings (SSSR count). The first-order chi connectivity index (χ1) is 33.6. The number of rotatable bonds is 12. The first-order valence-electron chi connectivity index (χ1n) is 21.1. The minimum Gasteiger partial charge on any atom is -0.505 e. The number of azo groups is 3. The van der Waals surface area contributed by atoms with E-state index < -0.39 is 12.2 Å². The molecule has 0 heterocycles. The Hall–Kier alpha value is -7.23. The van der Waals surface area contributed by atoms with Crippen LogP contribution >= 0.6 is 46.4 Å². The lowest BCUT2D eigenvalue weighted by molar-refractivity contribution is 0.0797. The molecule has 1 aliphatic rings. The molecule has 0 spiro atoms. The van der Waals surface area contributed by atoms with Crippen LogP contribution in [-0.2, 0) is 9.68 Å². The number of hydrogen-bond donors (Lipinski definition) is 3. The fraction of sp³-hybridized carbons (Fsp3) is 0.0377. The van der Waals surface area contributed by atoms with Crippen molar-refractivity contribution in [3.8, 4) is 16.9 Å². The minimum absolute atomic E-state index is 0.159. The van der Waals surface area contributed by atoms with Crippen molar-refractivity contribution in [1.82, 2.24) is 0 Å². The molecule has 9 aromatic rings. The number of carbonyl (C=O) groups is 1. The molecule has 69 heavy (non-hydrogen) atoms. The summed E-state index contributed by atoms with van der Waals surface area (Å²) in [5.41, 5.74) is 7.81. The lowest BCUT2D eigenvalue weighted by Crippen LogP contribution is -2.11. The summed E-state index contributed by atoms with van der Waals surface area (Å²) in [5, 5.41) is 43.2. The molecule has 0 aromatic heterocycles. The number of ketones is 1. The number of aromatic hydroxyl groups is 1. The van der Waals surface area contributed by atoms with Gasteiger partial charge in [0.2, 0.25) is 0 Å². The van der Waals surface area contributed by atoms with Crippen LogP contribution in [0.4, 0.5) is 34.1 Å². The zero-order valence-corrected chi connectivity index (χ0v) is 38.8. The van der Waals surface area contributed by atoms with Crippen LogP contribution in [0.15, 0.2) is 194 Å². The zero-order chi connectivity index (χ0) is 47.8. The Morgan fingerprint density at radius 2 is 0.928 bits per heavy atom. The molecule has 12 nitrogen and oxygen atoms in total. The molecule has 0 saturated carbocycles. The van der Waals surface area contributed by atoms with Gasteiger partial charge in [-0.15, -0.1) is 10.2 Å². The third kappa shape index (κ3) is 9.11. The average Bonchev–Trinajstić information content (AvgIpc) is 3.64. The predicted molar refractivity (Wildman–Crippen MR) is 271 cm³/mol. The molecule has 338 valence electrons. The number of phenolic OH excluding ortho intramolecular Hbond substituents is 1. The SMILES string of the molecule is NOC(c1ccc(Cl)c(Cl)c1)c1cc(/N=N/c2ccc3c(c2)C(=O)c2cc(/N=N/c4ccc(/N=N/c5c(O)c(C(ON)c6ccc(Cl)c(Cl)c6)cc6ccccc56)cc4)ccc2-3)c2ccccc2c1. The van der Waals surface area contributed by atoms with E-state index in [9.17, 15) is 9.90 Å². The summed E-state index contributed by atoms with van der Waals surface area (Å²) >= 11 is 24.9. The number of phenols is 1. The van der Waals surface area contributed by atoms with Crippen LogP contribution in [0, 0.1) is 0 Å². The van der Waals surface area contributed by atoms with E-state index in [1.165, 1.54) is 0 Å². The zero-order valence-electron chi connectivity index (χ0n) is 35.8. The fourth-order valence-corrected chi connectivity index (χ4v) is 8.93. The summed E-state index contributed by atoms with van der Waals surface area (Å²) in [7, 11) is 0. The van der Waals surface area contributed by atoms with Gasteiger partial charge in [0.1, 0.15) is 23.6 Å². The summed E-state index contributed by atoms with van der Waals surface area (Å²) in [6, 6.07) is 48.8. The van der Waals surface area contributed by atoms with E-state index in [1.807, 2.05) is 84.9 Å². The Labute approximate surface area is 414 Å². The average molecular weight is 989 g/mol. The van der Waals surface area contributed by atoms with Gasteiger partial charge in [-0.3, -0.25) is 14.5 Å². The molecule has 0 bridgehead atoms. The van der Waals surface area contributed by atoms with Gasteiger partial charge in [0.15, 0.2) is 5.78 Å². The molecule has 1 aliphatic carbocycles. The number of nitrogens with zero attached hydrogens (tertiary/aromatic N) is 6. The molecule has 5 N–H and O–H groups in total. The fourth-order valence-electron chi connectivity index (χ4n) is 8.32. The molecular formula is C53H34Cl4N8O4. The van der Waals surface area contributed by atoms with E-state index in [2.05, 4.69) is 30.7 Å². The van der Waals surface area contributed by atoms with Gasteiger partial charge in [-0.1, -0.05) is 119 Å². The molecule has 0 radical (unpaired) electrons. The third-order valence-electron chi connectivity index (χ3n) is 11.7. The van der Waals surface area contributed by atoms with E-state index in [4.69, 9.17) is 67.9 Å². The normalized spacial score (nSPS) is 13.3. The van der Waals surface area contributed by atoms with E-state index in [1.54, 1.807) is 78.9 Å². The Morgan fingerprint density at radius 1 is 0.435 bits per heavy atom. The molecule has 16 heteroatoms. The lowest BCUT2D eigenvalue weighted by Gasteiger charge is -2.19. The van der Waals surface area contributed by atoms with Crippen molar-refractivity contribution in [2.24, 2.45) is 42.5 Å². The van der Waals surface area contributed by atoms with Crippen LogP contribution in [0.25, 0.3) is 32.7 Å². The highest BCUT2D eigenvalue weighted by Gasteiger charge is 2.28. The summed E-state index contributed by atoms with van der Waals surface area (Å²) < 4.78 is 0. The largest absolute Gasteiger partial charge is 0.505 e. The summed E-state index contributed by atoms with van der Waals surface area (Å²) in [5.74, 6) is 11.3. The number of carbonyl (C=O) groups excluding carboxylic acids is 1. The molecule has 0 aliphatic heterocycles. The maximum absolute atomic E-state index is 13.9. The Balaban J connectivity index is 0.856. The maximum atomic E-state index is 13.9. The van der Waals surface area contributed by atoms with Crippen LogP contribution in [0.3, 0.4) is 0 Å². The number of fused-ring (bicyclic) bond motifs is 5. The summed E-state index contributed by atoms with van der Waals surface area (Å²) in [4.78, 5) is 24.6. The lowest BCUT2D eigenvalue weighted by atomic mass is 9.96. The first-order valence-corrected chi connectivity index (χ1v) is 22.6. The van der Waals surface area contributed by atoms with Crippen molar-refractivity contribution >= 4 is 108 Å². The Kier molecular flexibility index (Phi) is 12.8. The third-order valence-corrected chi connectivity index (χ3v) is 13.2. The van der Waals surface area contributed by atoms with Gasteiger partial charge >= 0.3 is 0 Å². The predicted octanol–water partition coefficient (Wildman–Crippen LogP) is 16.7. The van der Waals surface area contributed by atoms with Crippen LogP contribution in [0.1, 0.15) is 50.4 Å². The van der Waals surface area contributed by atoms with E-state index in [0.29, 0.717) is 81.7 Å². The van der Waals surface area contributed by atoms with E-state index in [-0.39, 0.29) is 17.2 Å². The van der Waals surface area contributed by atoms with Gasteiger partial charge in [-0.2, -0.15) is 20.5 Å². The Bertz CT molecular complexity index is 3610. The smallest absolute Gasteiger partial charge is 0.194 e. The molecular weight excluding hydrogens is 954 g/mol. The van der Waals surface area contributed by atoms with Gasteiger partial charge in [0.05, 0.1) is 48.5 Å². The van der Waals surface area contributed by atoms with Gasteiger partial charge in [-0.05, 0) is 130 Å². The minimum atomic E-state index is -0.883. The first kappa shape index (κ1) is 45.5. The van der Waals surface area contributed by atoms with Gasteiger partial charge in [0, 0.05) is 27.5 Å². The second-order valence-electron chi connectivity index (χ2n) is 15.9. The molecule has 0 saturated heterocycles. The number of halogens is 4. The molecule has 0 fully saturated rings.